The Labute approximate surface area is 370 Å². The van der Waals surface area contributed by atoms with Crippen LogP contribution in [0.5, 0.6) is 0 Å². The summed E-state index contributed by atoms with van der Waals surface area (Å²) in [6.07, 6.45) is 1.93. The van der Waals surface area contributed by atoms with E-state index in [-0.39, 0.29) is 120 Å². The van der Waals surface area contributed by atoms with Crippen molar-refractivity contribution in [2.45, 2.75) is 206 Å². The molecule has 4 saturated heterocycles. The molecule has 12 nitrogen and oxygen atoms in total. The van der Waals surface area contributed by atoms with Gasteiger partial charge in [-0.2, -0.15) is 0 Å². The molecule has 0 aromatic rings. The number of rotatable bonds is 16. The SMILES string of the molecule is CN1C(C)(C)CC(COC(=O)CC(CC(=O)OCC2CC(C)(C)N(C)C2(C)C)(CC(=O)OCC2CC(C)(C)N(C)C2(C)C)CC(=O)OCC2CC(C)(C)N(C)C2(C)C)C1(C)C. The van der Waals surface area contributed by atoms with Gasteiger partial charge >= 0.3 is 23.9 Å². The summed E-state index contributed by atoms with van der Waals surface area (Å²) in [5.41, 5.74) is -2.79. The van der Waals surface area contributed by atoms with Crippen LogP contribution >= 0.6 is 0 Å². The first-order valence-corrected chi connectivity index (χ1v) is 23.0. The first kappa shape index (κ1) is 51.4. The number of carbonyl (C=O) groups is 4. The third-order valence-corrected chi connectivity index (χ3v) is 17.9. The predicted molar refractivity (Wildman–Crippen MR) is 241 cm³/mol. The van der Waals surface area contributed by atoms with Crippen molar-refractivity contribution in [3.05, 3.63) is 0 Å². The lowest BCUT2D eigenvalue weighted by atomic mass is 9.75. The van der Waals surface area contributed by atoms with Crippen LogP contribution in [-0.2, 0) is 38.1 Å². The minimum Gasteiger partial charge on any atom is -0.465 e. The van der Waals surface area contributed by atoms with E-state index >= 15 is 0 Å². The quantitative estimate of drug-likeness (QED) is 0.112. The highest BCUT2D eigenvalue weighted by molar-refractivity contribution is 5.81. The number of esters is 4. The third kappa shape index (κ3) is 10.6. The van der Waals surface area contributed by atoms with Gasteiger partial charge in [-0.25, -0.2) is 0 Å². The maximum Gasteiger partial charge on any atom is 0.306 e. The van der Waals surface area contributed by atoms with Crippen LogP contribution in [0.25, 0.3) is 0 Å². The average Bonchev–Trinajstić information content (AvgIpc) is 3.54. The molecule has 4 aliphatic heterocycles. The molecule has 12 heteroatoms. The van der Waals surface area contributed by atoms with Crippen molar-refractivity contribution in [1.82, 2.24) is 19.6 Å². The van der Waals surface area contributed by atoms with Crippen molar-refractivity contribution in [3.63, 3.8) is 0 Å². The Hall–Kier alpha value is -2.28. The first-order valence-electron chi connectivity index (χ1n) is 23.0. The fraction of sp³-hybridized carbons (Fsp3) is 0.918. The van der Waals surface area contributed by atoms with Crippen molar-refractivity contribution in [1.29, 1.82) is 0 Å². The summed E-state index contributed by atoms with van der Waals surface area (Å²) in [7, 11) is 8.38. The molecule has 4 fully saturated rings. The van der Waals surface area contributed by atoms with Gasteiger partial charge < -0.3 is 18.9 Å². The van der Waals surface area contributed by atoms with Crippen LogP contribution in [0.3, 0.4) is 0 Å². The standard InChI is InChI=1S/C49H88N4O8/c1-41(2)21-33(45(9,10)50(41)17)29-58-37(54)25-49(26-38(55)59-30-34-22-42(3,4)51(18)46(34,11)12,27-39(56)60-31-35-23-43(5,6)52(19)47(35,13)14)28-40(57)61-32-36-24-44(7,8)53(20)48(36,15)16/h33-36H,21-32H2,1-20H3. The fourth-order valence-corrected chi connectivity index (χ4v) is 11.8. The highest BCUT2D eigenvalue weighted by atomic mass is 16.5. The summed E-state index contributed by atoms with van der Waals surface area (Å²) in [4.78, 5) is 66.0. The largest absolute Gasteiger partial charge is 0.465 e. The van der Waals surface area contributed by atoms with E-state index in [1.54, 1.807) is 0 Å². The Morgan fingerprint density at radius 2 is 0.541 bits per heavy atom. The van der Waals surface area contributed by atoms with Gasteiger partial charge in [-0.3, -0.25) is 38.8 Å². The van der Waals surface area contributed by atoms with Gasteiger partial charge in [0.05, 0.1) is 52.1 Å². The van der Waals surface area contributed by atoms with Gasteiger partial charge in [0.25, 0.3) is 0 Å². The molecule has 0 N–H and O–H groups in total. The van der Waals surface area contributed by atoms with Gasteiger partial charge in [-0.1, -0.05) is 0 Å². The van der Waals surface area contributed by atoms with Crippen LogP contribution in [-0.4, -0.2) is 142 Å². The fourth-order valence-electron chi connectivity index (χ4n) is 11.8. The third-order valence-electron chi connectivity index (χ3n) is 17.9. The molecule has 0 aromatic carbocycles. The first-order chi connectivity index (χ1) is 27.4. The number of nitrogens with zero attached hydrogens (tertiary/aromatic N) is 4. The van der Waals surface area contributed by atoms with Gasteiger partial charge in [-0.15, -0.1) is 0 Å². The summed E-state index contributed by atoms with van der Waals surface area (Å²) in [5.74, 6) is -2.08. The molecule has 4 aliphatic rings. The van der Waals surface area contributed by atoms with Gasteiger partial charge in [0.1, 0.15) is 0 Å². The van der Waals surface area contributed by atoms with E-state index in [0.717, 1.165) is 25.7 Å². The maximum absolute atomic E-state index is 14.2. The Morgan fingerprint density at radius 1 is 0.377 bits per heavy atom. The smallest absolute Gasteiger partial charge is 0.306 e. The second-order valence-corrected chi connectivity index (χ2v) is 24.6. The lowest BCUT2D eigenvalue weighted by Gasteiger charge is -2.38. The van der Waals surface area contributed by atoms with E-state index in [1.165, 1.54) is 0 Å². The Morgan fingerprint density at radius 3 is 0.672 bits per heavy atom. The van der Waals surface area contributed by atoms with E-state index in [1.807, 2.05) is 0 Å². The number of hydrogen-bond acceptors (Lipinski definition) is 12. The summed E-state index contributed by atoms with van der Waals surface area (Å²) in [6.45, 7) is 35.5. The van der Waals surface area contributed by atoms with Crippen molar-refractivity contribution in [3.8, 4) is 0 Å². The van der Waals surface area contributed by atoms with E-state index < -0.39 is 29.3 Å². The van der Waals surface area contributed by atoms with Crippen LogP contribution in [0.1, 0.15) is 162 Å². The number of ether oxygens (including phenoxy) is 4. The van der Waals surface area contributed by atoms with Crippen LogP contribution in [0.2, 0.25) is 0 Å². The predicted octanol–water partition coefficient (Wildman–Crippen LogP) is 7.74. The van der Waals surface area contributed by atoms with Crippen molar-refractivity contribution in [2.75, 3.05) is 54.6 Å². The minimum absolute atomic E-state index is 0.0530. The normalized spacial score (nSPS) is 30.8. The minimum atomic E-state index is -1.51. The van der Waals surface area contributed by atoms with E-state index in [0.29, 0.717) is 0 Å². The molecular formula is C49H88N4O8. The number of likely N-dealkylation sites (tertiary alicyclic amines) is 4. The summed E-state index contributed by atoms with van der Waals surface area (Å²) in [6, 6.07) is 0. The van der Waals surface area contributed by atoms with Crippen LogP contribution in [0, 0.1) is 29.1 Å². The molecular weight excluding hydrogens is 773 g/mol. The van der Waals surface area contributed by atoms with Crippen molar-refractivity contribution in [2.24, 2.45) is 29.1 Å². The van der Waals surface area contributed by atoms with Gasteiger partial charge in [0.15, 0.2) is 0 Å². The zero-order valence-electron chi connectivity index (χ0n) is 42.3. The lowest BCUT2D eigenvalue weighted by Crippen LogP contribution is -2.47. The van der Waals surface area contributed by atoms with E-state index in [4.69, 9.17) is 18.9 Å². The zero-order chi connectivity index (χ0) is 46.7. The molecule has 4 rings (SSSR count). The van der Waals surface area contributed by atoms with E-state index in [9.17, 15) is 19.2 Å². The summed E-state index contributed by atoms with van der Waals surface area (Å²) >= 11 is 0. The molecule has 0 bridgehead atoms. The van der Waals surface area contributed by atoms with Gasteiger partial charge in [0, 0.05) is 73.4 Å². The number of carbonyl (C=O) groups excluding carboxylic acids is 4. The van der Waals surface area contributed by atoms with Crippen molar-refractivity contribution >= 4 is 23.9 Å². The zero-order valence-corrected chi connectivity index (χ0v) is 42.3. The maximum atomic E-state index is 14.2. The molecule has 0 radical (unpaired) electrons. The second-order valence-electron chi connectivity index (χ2n) is 24.6. The van der Waals surface area contributed by atoms with Crippen LogP contribution < -0.4 is 0 Å². The van der Waals surface area contributed by atoms with E-state index in [2.05, 4.69) is 159 Å². The van der Waals surface area contributed by atoms with Gasteiger partial charge in [-0.05, 0) is 165 Å². The monoisotopic (exact) mass is 861 g/mol. The Kier molecular flexibility index (Phi) is 14.5. The molecule has 4 unspecified atom stereocenters. The molecule has 0 aromatic heterocycles. The Balaban J connectivity index is 1.63. The molecule has 0 spiro atoms. The molecule has 0 amide bonds. The highest BCUT2D eigenvalue weighted by Crippen LogP contribution is 2.48. The van der Waals surface area contributed by atoms with Crippen molar-refractivity contribution < 1.29 is 38.1 Å². The molecule has 61 heavy (non-hydrogen) atoms. The summed E-state index contributed by atoms with van der Waals surface area (Å²) in [5, 5.41) is 0. The molecule has 352 valence electrons. The second kappa shape index (κ2) is 17.3. The van der Waals surface area contributed by atoms with Crippen LogP contribution in [0.15, 0.2) is 0 Å². The average molecular weight is 861 g/mol. The topological polar surface area (TPSA) is 118 Å². The molecule has 0 saturated carbocycles. The highest BCUT2D eigenvalue weighted by Gasteiger charge is 2.54. The van der Waals surface area contributed by atoms with Crippen LogP contribution in [0.4, 0.5) is 0 Å². The summed E-state index contributed by atoms with van der Waals surface area (Å²) < 4.78 is 24.3. The molecule has 4 atom stereocenters. The Bertz CT molecular complexity index is 1390. The van der Waals surface area contributed by atoms with Gasteiger partial charge in [0.2, 0.25) is 0 Å². The lowest BCUT2D eigenvalue weighted by molar-refractivity contribution is -0.160. The number of hydrogen-bond donors (Lipinski definition) is 0. The molecule has 0 aliphatic carbocycles. The molecule has 4 heterocycles.